The Kier molecular flexibility index (Phi) is 4.43. The van der Waals surface area contributed by atoms with Crippen LogP contribution in [-0.2, 0) is 19.3 Å². The lowest BCUT2D eigenvalue weighted by atomic mass is 9.98. The molecule has 0 radical (unpaired) electrons. The first-order chi connectivity index (χ1) is 10.1. The zero-order valence-corrected chi connectivity index (χ0v) is 13.9. The van der Waals surface area contributed by atoms with Gasteiger partial charge in [0.25, 0.3) is 0 Å². The molecule has 0 amide bonds. The highest BCUT2D eigenvalue weighted by atomic mass is 79.9. The summed E-state index contributed by atoms with van der Waals surface area (Å²) in [6.45, 7) is 0. The van der Waals surface area contributed by atoms with Crippen molar-refractivity contribution in [2.75, 3.05) is 0 Å². The van der Waals surface area contributed by atoms with Crippen molar-refractivity contribution >= 4 is 27.3 Å². The number of benzene rings is 1. The third-order valence-electron chi connectivity index (χ3n) is 3.94. The van der Waals surface area contributed by atoms with E-state index in [4.69, 9.17) is 5.73 Å². The standard InChI is InChI=1S/C16H16BrF2NS/c17-11-5-6-12(18)10(16(11)19)8-13(20)15-7-9-3-1-2-4-14(9)21-15/h5-7,13H,1-4,8,20H2. The van der Waals surface area contributed by atoms with Gasteiger partial charge in [-0.15, -0.1) is 11.3 Å². The van der Waals surface area contributed by atoms with Gasteiger partial charge in [0.2, 0.25) is 0 Å². The predicted octanol–water partition coefficient (Wildman–Crippen LogP) is 4.91. The Morgan fingerprint density at radius 3 is 2.76 bits per heavy atom. The third-order valence-corrected chi connectivity index (χ3v) is 5.93. The monoisotopic (exact) mass is 371 g/mol. The van der Waals surface area contributed by atoms with Crippen molar-refractivity contribution in [2.45, 2.75) is 38.1 Å². The Morgan fingerprint density at radius 1 is 1.24 bits per heavy atom. The minimum atomic E-state index is -0.549. The van der Waals surface area contributed by atoms with E-state index in [1.54, 1.807) is 11.3 Å². The van der Waals surface area contributed by atoms with E-state index in [0.717, 1.165) is 17.7 Å². The SMILES string of the molecule is NC(Cc1c(F)ccc(Br)c1F)c1cc2c(s1)CCCC2. The smallest absolute Gasteiger partial charge is 0.143 e. The molecule has 2 aromatic rings. The average Bonchev–Trinajstić information content (AvgIpc) is 2.91. The van der Waals surface area contributed by atoms with Crippen LogP contribution < -0.4 is 5.73 Å². The largest absolute Gasteiger partial charge is 0.323 e. The van der Waals surface area contributed by atoms with Gasteiger partial charge in [-0.05, 0) is 71.8 Å². The van der Waals surface area contributed by atoms with E-state index in [0.29, 0.717) is 0 Å². The van der Waals surface area contributed by atoms with Crippen LogP contribution in [-0.4, -0.2) is 0 Å². The maximum absolute atomic E-state index is 14.0. The van der Waals surface area contributed by atoms with Crippen molar-refractivity contribution in [3.05, 3.63) is 55.2 Å². The number of thiophene rings is 1. The Balaban J connectivity index is 1.85. The Hall–Kier alpha value is -0.780. The van der Waals surface area contributed by atoms with Crippen molar-refractivity contribution in [3.8, 4) is 0 Å². The van der Waals surface area contributed by atoms with Crippen LogP contribution >= 0.6 is 27.3 Å². The average molecular weight is 372 g/mol. The van der Waals surface area contributed by atoms with E-state index in [1.165, 1.54) is 35.4 Å². The third kappa shape index (κ3) is 3.05. The summed E-state index contributed by atoms with van der Waals surface area (Å²) in [5, 5.41) is 0. The van der Waals surface area contributed by atoms with Crippen LogP contribution in [0.15, 0.2) is 22.7 Å². The van der Waals surface area contributed by atoms with Crippen LogP contribution in [0.4, 0.5) is 8.78 Å². The molecule has 1 aliphatic rings. The molecule has 1 aliphatic carbocycles. The topological polar surface area (TPSA) is 26.0 Å². The van der Waals surface area contributed by atoms with Gasteiger partial charge in [0, 0.05) is 21.4 Å². The van der Waals surface area contributed by atoms with Crippen molar-refractivity contribution < 1.29 is 8.78 Å². The van der Waals surface area contributed by atoms with E-state index in [2.05, 4.69) is 22.0 Å². The minimum absolute atomic E-state index is 0.0586. The molecule has 1 nitrogen and oxygen atoms in total. The number of halogens is 3. The maximum atomic E-state index is 14.0. The molecule has 0 fully saturated rings. The van der Waals surface area contributed by atoms with Crippen molar-refractivity contribution in [2.24, 2.45) is 5.73 Å². The number of aryl methyl sites for hydroxylation is 2. The number of hydrogen-bond donors (Lipinski definition) is 1. The molecule has 0 bridgehead atoms. The van der Waals surface area contributed by atoms with Gasteiger partial charge in [-0.3, -0.25) is 0 Å². The van der Waals surface area contributed by atoms with Crippen molar-refractivity contribution in [1.82, 2.24) is 0 Å². The number of hydrogen-bond acceptors (Lipinski definition) is 2. The molecular formula is C16H16BrF2NS. The van der Waals surface area contributed by atoms with E-state index < -0.39 is 11.6 Å². The summed E-state index contributed by atoms with van der Waals surface area (Å²) in [4.78, 5) is 2.42. The molecule has 5 heteroatoms. The van der Waals surface area contributed by atoms with E-state index in [9.17, 15) is 8.78 Å². The van der Waals surface area contributed by atoms with Crippen LogP contribution in [0.1, 0.15) is 39.8 Å². The zero-order chi connectivity index (χ0) is 15.0. The molecule has 3 rings (SSSR count). The first-order valence-corrected chi connectivity index (χ1v) is 8.66. The highest BCUT2D eigenvalue weighted by Crippen LogP contribution is 2.34. The molecule has 0 spiro atoms. The fourth-order valence-corrected chi connectivity index (χ4v) is 4.40. The highest BCUT2D eigenvalue weighted by Gasteiger charge is 2.20. The molecule has 1 aromatic heterocycles. The summed E-state index contributed by atoms with van der Waals surface area (Å²) >= 11 is 4.79. The lowest BCUT2D eigenvalue weighted by Gasteiger charge is -2.12. The number of rotatable bonds is 3. The van der Waals surface area contributed by atoms with Crippen LogP contribution in [0.25, 0.3) is 0 Å². The summed E-state index contributed by atoms with van der Waals surface area (Å²) in [6.07, 6.45) is 4.81. The Morgan fingerprint density at radius 2 is 2.00 bits per heavy atom. The summed E-state index contributed by atoms with van der Waals surface area (Å²) in [5.74, 6) is -1.08. The van der Waals surface area contributed by atoms with Gasteiger partial charge < -0.3 is 5.73 Å². The molecule has 21 heavy (non-hydrogen) atoms. The highest BCUT2D eigenvalue weighted by molar-refractivity contribution is 9.10. The molecule has 1 atom stereocenters. The molecule has 112 valence electrons. The quantitative estimate of drug-likeness (QED) is 0.762. The van der Waals surface area contributed by atoms with E-state index in [-0.39, 0.29) is 22.5 Å². The van der Waals surface area contributed by atoms with Gasteiger partial charge >= 0.3 is 0 Å². The van der Waals surface area contributed by atoms with Crippen LogP contribution in [0.2, 0.25) is 0 Å². The molecular weight excluding hydrogens is 356 g/mol. The normalized spacial score (nSPS) is 15.8. The maximum Gasteiger partial charge on any atom is 0.143 e. The van der Waals surface area contributed by atoms with Crippen LogP contribution in [0, 0.1) is 11.6 Å². The minimum Gasteiger partial charge on any atom is -0.323 e. The molecule has 0 saturated heterocycles. The van der Waals surface area contributed by atoms with Gasteiger partial charge in [-0.2, -0.15) is 0 Å². The Labute approximate surface area is 135 Å². The van der Waals surface area contributed by atoms with Crippen molar-refractivity contribution in [1.29, 1.82) is 0 Å². The second kappa shape index (κ2) is 6.15. The first kappa shape index (κ1) is 15.1. The first-order valence-electron chi connectivity index (χ1n) is 7.05. The predicted molar refractivity (Wildman–Crippen MR) is 85.7 cm³/mol. The summed E-state index contributed by atoms with van der Waals surface area (Å²) in [7, 11) is 0. The van der Waals surface area contributed by atoms with Gasteiger partial charge in [0.1, 0.15) is 11.6 Å². The summed E-state index contributed by atoms with van der Waals surface area (Å²) in [6, 6.07) is 4.41. The second-order valence-corrected chi connectivity index (χ2v) is 7.46. The lowest BCUT2D eigenvalue weighted by Crippen LogP contribution is -2.14. The van der Waals surface area contributed by atoms with Crippen LogP contribution in [0.5, 0.6) is 0 Å². The van der Waals surface area contributed by atoms with Crippen LogP contribution in [0.3, 0.4) is 0 Å². The molecule has 0 saturated carbocycles. The molecule has 1 unspecified atom stereocenters. The molecule has 2 N–H and O–H groups in total. The fraction of sp³-hybridized carbons (Fsp3) is 0.375. The summed E-state index contributed by atoms with van der Waals surface area (Å²) < 4.78 is 28.1. The molecule has 1 aromatic carbocycles. The van der Waals surface area contributed by atoms with Gasteiger partial charge in [-0.25, -0.2) is 8.78 Å². The van der Waals surface area contributed by atoms with Crippen molar-refractivity contribution in [3.63, 3.8) is 0 Å². The van der Waals surface area contributed by atoms with Gasteiger partial charge in [0.05, 0.1) is 4.47 Å². The number of fused-ring (bicyclic) bond motifs is 1. The lowest BCUT2D eigenvalue weighted by molar-refractivity contribution is 0.537. The molecule has 0 aliphatic heterocycles. The second-order valence-electron chi connectivity index (χ2n) is 5.44. The van der Waals surface area contributed by atoms with E-state index in [1.807, 2.05) is 0 Å². The fourth-order valence-electron chi connectivity index (χ4n) is 2.77. The van der Waals surface area contributed by atoms with Gasteiger partial charge in [-0.1, -0.05) is 0 Å². The van der Waals surface area contributed by atoms with E-state index >= 15 is 0 Å². The zero-order valence-electron chi connectivity index (χ0n) is 11.5. The summed E-state index contributed by atoms with van der Waals surface area (Å²) in [5.41, 5.74) is 7.61. The van der Waals surface area contributed by atoms with Gasteiger partial charge in [0.15, 0.2) is 0 Å². The molecule has 1 heterocycles. The number of nitrogens with two attached hydrogens (primary N) is 1. The Bertz CT molecular complexity index is 645.